The maximum atomic E-state index is 12.9. The van der Waals surface area contributed by atoms with Crippen molar-refractivity contribution < 1.29 is 18.7 Å². The molecule has 1 heterocycles. The van der Waals surface area contributed by atoms with Crippen molar-refractivity contribution in [2.24, 2.45) is 0 Å². The average Bonchev–Trinajstić information content (AvgIpc) is 2.41. The van der Waals surface area contributed by atoms with Crippen LogP contribution in [0.5, 0.6) is 11.6 Å². The second kappa shape index (κ2) is 5.56. The van der Waals surface area contributed by atoms with E-state index in [1.807, 2.05) is 0 Å². The number of anilines is 1. The molecule has 0 saturated carbocycles. The number of ether oxygens (including phenoxy) is 2. The van der Waals surface area contributed by atoms with Crippen LogP contribution in [-0.2, 0) is 4.74 Å². The van der Waals surface area contributed by atoms with Crippen LogP contribution in [0.25, 0.3) is 0 Å². The molecule has 0 bridgehead atoms. The number of nitrogens with zero attached hydrogens (tertiary/aromatic N) is 1. The number of nitrogen functional groups attached to an aromatic ring is 1. The fourth-order valence-corrected chi connectivity index (χ4v) is 1.65. The molecule has 0 amide bonds. The summed E-state index contributed by atoms with van der Waals surface area (Å²) < 4.78 is 23.0. The number of aromatic nitrogens is 1. The highest BCUT2D eigenvalue weighted by Crippen LogP contribution is 2.27. The van der Waals surface area contributed by atoms with Gasteiger partial charge in [-0.2, -0.15) is 0 Å². The normalized spacial score (nSPS) is 10.2. The fourth-order valence-electron chi connectivity index (χ4n) is 1.65. The number of nitrogens with two attached hydrogens (primary N) is 1. The predicted octanol–water partition coefficient (Wildman–Crippen LogP) is 2.69. The van der Waals surface area contributed by atoms with Gasteiger partial charge in [0.15, 0.2) is 5.75 Å². The van der Waals surface area contributed by atoms with Crippen LogP contribution in [0.1, 0.15) is 16.1 Å². The summed E-state index contributed by atoms with van der Waals surface area (Å²) in [6.45, 7) is 1.66. The molecular weight excluding hydrogens is 263 g/mol. The molecule has 0 atom stereocenters. The Morgan fingerprint density at radius 2 is 2.05 bits per heavy atom. The summed E-state index contributed by atoms with van der Waals surface area (Å²) in [5.74, 6) is -0.361. The molecule has 0 unspecified atom stereocenters. The maximum Gasteiger partial charge on any atom is 0.339 e. The van der Waals surface area contributed by atoms with Crippen molar-refractivity contribution in [1.82, 2.24) is 4.98 Å². The molecule has 0 aliphatic carbocycles. The van der Waals surface area contributed by atoms with E-state index in [0.29, 0.717) is 17.0 Å². The number of aryl methyl sites for hydroxylation is 1. The number of halogens is 1. The molecule has 0 radical (unpaired) electrons. The van der Waals surface area contributed by atoms with Gasteiger partial charge in [-0.3, -0.25) is 0 Å². The van der Waals surface area contributed by atoms with Crippen molar-refractivity contribution in [3.8, 4) is 11.6 Å². The topological polar surface area (TPSA) is 74.4 Å². The van der Waals surface area contributed by atoms with E-state index in [0.717, 1.165) is 6.07 Å². The summed E-state index contributed by atoms with van der Waals surface area (Å²) in [7, 11) is 1.30. The Labute approximate surface area is 115 Å². The zero-order valence-electron chi connectivity index (χ0n) is 11.0. The molecule has 2 N–H and O–H groups in total. The van der Waals surface area contributed by atoms with E-state index >= 15 is 0 Å². The van der Waals surface area contributed by atoms with E-state index in [-0.39, 0.29) is 11.6 Å². The first kappa shape index (κ1) is 13.8. The number of rotatable bonds is 3. The second-order valence-electron chi connectivity index (χ2n) is 4.06. The average molecular weight is 276 g/mol. The SMILES string of the molecule is COC(=O)c1ccc(Oc2ccc(F)cc2N)nc1C. The molecule has 0 saturated heterocycles. The van der Waals surface area contributed by atoms with Crippen molar-refractivity contribution in [3.05, 3.63) is 47.4 Å². The van der Waals surface area contributed by atoms with Gasteiger partial charge >= 0.3 is 5.97 Å². The number of methoxy groups -OCH3 is 1. The van der Waals surface area contributed by atoms with Crippen LogP contribution in [0.2, 0.25) is 0 Å². The first-order valence-corrected chi connectivity index (χ1v) is 5.80. The van der Waals surface area contributed by atoms with Gasteiger partial charge in [0.05, 0.1) is 24.1 Å². The summed E-state index contributed by atoms with van der Waals surface area (Å²) in [4.78, 5) is 15.6. The van der Waals surface area contributed by atoms with E-state index in [1.54, 1.807) is 13.0 Å². The molecule has 0 aliphatic rings. The van der Waals surface area contributed by atoms with Crippen LogP contribution in [0.4, 0.5) is 10.1 Å². The van der Waals surface area contributed by atoms with E-state index < -0.39 is 11.8 Å². The highest BCUT2D eigenvalue weighted by atomic mass is 19.1. The zero-order valence-corrected chi connectivity index (χ0v) is 11.0. The molecule has 1 aromatic heterocycles. The highest BCUT2D eigenvalue weighted by molar-refractivity contribution is 5.90. The molecular formula is C14H13FN2O3. The van der Waals surface area contributed by atoms with Gasteiger partial charge in [-0.1, -0.05) is 0 Å². The summed E-state index contributed by atoms with van der Waals surface area (Å²) in [6, 6.07) is 6.87. The third-order valence-corrected chi connectivity index (χ3v) is 2.65. The highest BCUT2D eigenvalue weighted by Gasteiger charge is 2.12. The summed E-state index contributed by atoms with van der Waals surface area (Å²) in [5.41, 5.74) is 6.63. The molecule has 1 aromatic carbocycles. The summed E-state index contributed by atoms with van der Waals surface area (Å²) in [6.07, 6.45) is 0. The summed E-state index contributed by atoms with van der Waals surface area (Å²) >= 11 is 0. The number of carbonyl (C=O) groups excluding carboxylic acids is 1. The van der Waals surface area contributed by atoms with Gasteiger partial charge in [0, 0.05) is 12.1 Å². The Balaban J connectivity index is 2.26. The third kappa shape index (κ3) is 2.85. The van der Waals surface area contributed by atoms with E-state index in [1.165, 1.54) is 25.3 Å². The van der Waals surface area contributed by atoms with Gasteiger partial charge in [0.25, 0.3) is 0 Å². The number of hydrogen-bond donors (Lipinski definition) is 1. The minimum absolute atomic E-state index is 0.168. The lowest BCUT2D eigenvalue weighted by Crippen LogP contribution is -2.05. The van der Waals surface area contributed by atoms with E-state index in [4.69, 9.17) is 10.5 Å². The second-order valence-corrected chi connectivity index (χ2v) is 4.06. The molecule has 20 heavy (non-hydrogen) atoms. The van der Waals surface area contributed by atoms with Gasteiger partial charge in [-0.05, 0) is 25.1 Å². The molecule has 5 nitrogen and oxygen atoms in total. The Kier molecular flexibility index (Phi) is 3.84. The lowest BCUT2D eigenvalue weighted by Gasteiger charge is -2.09. The number of esters is 1. The number of carbonyl (C=O) groups is 1. The van der Waals surface area contributed by atoms with Gasteiger partial charge in [-0.25, -0.2) is 14.2 Å². The first-order chi connectivity index (χ1) is 9.51. The van der Waals surface area contributed by atoms with Crippen LogP contribution < -0.4 is 10.5 Å². The predicted molar refractivity (Wildman–Crippen MR) is 71.2 cm³/mol. The van der Waals surface area contributed by atoms with Gasteiger partial charge < -0.3 is 15.2 Å². The van der Waals surface area contributed by atoms with Crippen molar-refractivity contribution in [3.63, 3.8) is 0 Å². The molecule has 6 heteroatoms. The number of hydrogen-bond acceptors (Lipinski definition) is 5. The van der Waals surface area contributed by atoms with Crippen molar-refractivity contribution in [2.75, 3.05) is 12.8 Å². The third-order valence-electron chi connectivity index (χ3n) is 2.65. The Morgan fingerprint density at radius 3 is 2.65 bits per heavy atom. The maximum absolute atomic E-state index is 12.9. The minimum atomic E-state index is -0.470. The first-order valence-electron chi connectivity index (χ1n) is 5.80. The molecule has 0 fully saturated rings. The quantitative estimate of drug-likeness (QED) is 0.689. The summed E-state index contributed by atoms with van der Waals surface area (Å²) in [5, 5.41) is 0. The van der Waals surface area contributed by atoms with Crippen LogP contribution in [0.15, 0.2) is 30.3 Å². The van der Waals surface area contributed by atoms with Gasteiger partial charge in [-0.15, -0.1) is 0 Å². The standard InChI is InChI=1S/C14H13FN2O3/c1-8-10(14(18)19-2)4-6-13(17-8)20-12-5-3-9(15)7-11(12)16/h3-7H,16H2,1-2H3. The van der Waals surface area contributed by atoms with E-state index in [9.17, 15) is 9.18 Å². The van der Waals surface area contributed by atoms with Crippen molar-refractivity contribution in [2.45, 2.75) is 6.92 Å². The van der Waals surface area contributed by atoms with E-state index in [2.05, 4.69) is 9.72 Å². The molecule has 0 spiro atoms. The van der Waals surface area contributed by atoms with Crippen LogP contribution in [0.3, 0.4) is 0 Å². The fraction of sp³-hybridized carbons (Fsp3) is 0.143. The monoisotopic (exact) mass is 276 g/mol. The van der Waals surface area contributed by atoms with Gasteiger partial charge in [0.2, 0.25) is 5.88 Å². The largest absolute Gasteiger partial charge is 0.465 e. The number of benzene rings is 1. The van der Waals surface area contributed by atoms with Crippen LogP contribution >= 0.6 is 0 Å². The zero-order chi connectivity index (χ0) is 14.7. The minimum Gasteiger partial charge on any atom is -0.465 e. The van der Waals surface area contributed by atoms with Crippen LogP contribution in [-0.4, -0.2) is 18.1 Å². The molecule has 2 rings (SSSR count). The lowest BCUT2D eigenvalue weighted by molar-refractivity contribution is 0.0599. The Morgan fingerprint density at radius 1 is 1.30 bits per heavy atom. The molecule has 0 aliphatic heterocycles. The van der Waals surface area contributed by atoms with Crippen LogP contribution in [0, 0.1) is 12.7 Å². The smallest absolute Gasteiger partial charge is 0.339 e. The Bertz CT molecular complexity index is 659. The number of pyridine rings is 1. The Hall–Kier alpha value is -2.63. The van der Waals surface area contributed by atoms with Crippen molar-refractivity contribution in [1.29, 1.82) is 0 Å². The molecule has 104 valence electrons. The van der Waals surface area contributed by atoms with Gasteiger partial charge in [0.1, 0.15) is 5.82 Å². The molecule has 2 aromatic rings. The van der Waals surface area contributed by atoms with Crippen molar-refractivity contribution >= 4 is 11.7 Å². The lowest BCUT2D eigenvalue weighted by atomic mass is 10.2.